The van der Waals surface area contributed by atoms with E-state index < -0.39 is 0 Å². The molecule has 0 atom stereocenters. The highest BCUT2D eigenvalue weighted by Crippen LogP contribution is 2.46. The van der Waals surface area contributed by atoms with Crippen LogP contribution in [0.1, 0.15) is 38.3 Å². The highest BCUT2D eigenvalue weighted by Gasteiger charge is 2.19. The molecule has 1 heterocycles. The van der Waals surface area contributed by atoms with Crippen LogP contribution < -0.4 is 0 Å². The SMILES string of the molecule is C/C=C(C)\C(=C/CC)c1c(C)c2sc3cc4ccccc4cc3c2c2ccccc12. The quantitative estimate of drug-likeness (QED) is 0.262. The Morgan fingerprint density at radius 2 is 1.57 bits per heavy atom. The maximum absolute atomic E-state index is 2.39. The lowest BCUT2D eigenvalue weighted by atomic mass is 9.87. The molecule has 0 radical (unpaired) electrons. The van der Waals surface area contributed by atoms with Gasteiger partial charge in [-0.15, -0.1) is 11.3 Å². The molecule has 148 valence electrons. The van der Waals surface area contributed by atoms with E-state index in [1.54, 1.807) is 0 Å². The van der Waals surface area contributed by atoms with Crippen molar-refractivity contribution in [2.75, 3.05) is 0 Å². The number of hydrogen-bond donors (Lipinski definition) is 0. The summed E-state index contributed by atoms with van der Waals surface area (Å²) in [4.78, 5) is 0. The smallest absolute Gasteiger partial charge is 0.0397 e. The second-order valence-electron chi connectivity index (χ2n) is 8.05. The van der Waals surface area contributed by atoms with E-state index in [0.717, 1.165) is 6.42 Å². The average molecular weight is 407 g/mol. The van der Waals surface area contributed by atoms with Crippen LogP contribution in [0.3, 0.4) is 0 Å². The predicted octanol–water partition coefficient (Wildman–Crippen LogP) is 9.43. The standard InChI is InChI=1S/C29H26S/c1-5-11-22(18(3)6-2)27-19(4)29-28(24-15-10-9-14-23(24)27)25-16-20-12-7-8-13-21(20)17-26(25)30-29/h6-17H,5H2,1-4H3/b18-6-,22-11+. The molecule has 0 spiro atoms. The first-order chi connectivity index (χ1) is 14.6. The van der Waals surface area contributed by atoms with Crippen molar-refractivity contribution in [3.8, 4) is 0 Å². The molecule has 0 unspecified atom stereocenters. The fourth-order valence-electron chi connectivity index (χ4n) is 4.72. The normalized spacial score (nSPS) is 13.2. The lowest BCUT2D eigenvalue weighted by molar-refractivity contribution is 1.22. The first-order valence-electron chi connectivity index (χ1n) is 10.7. The van der Waals surface area contributed by atoms with Gasteiger partial charge >= 0.3 is 0 Å². The van der Waals surface area contributed by atoms with Crippen molar-refractivity contribution in [3.05, 3.63) is 89.5 Å². The van der Waals surface area contributed by atoms with Crippen molar-refractivity contribution in [2.45, 2.75) is 34.1 Å². The Kier molecular flexibility index (Phi) is 4.72. The molecule has 0 aliphatic rings. The van der Waals surface area contributed by atoms with E-state index in [4.69, 9.17) is 0 Å². The van der Waals surface area contributed by atoms with Crippen LogP contribution in [0.2, 0.25) is 0 Å². The van der Waals surface area contributed by atoms with Gasteiger partial charge in [-0.3, -0.25) is 0 Å². The molecule has 0 N–H and O–H groups in total. The van der Waals surface area contributed by atoms with Gasteiger partial charge in [-0.05, 0) is 83.1 Å². The second kappa shape index (κ2) is 7.41. The number of benzene rings is 4. The minimum Gasteiger partial charge on any atom is -0.135 e. The van der Waals surface area contributed by atoms with Gasteiger partial charge < -0.3 is 0 Å². The van der Waals surface area contributed by atoms with Gasteiger partial charge in [0.2, 0.25) is 0 Å². The zero-order valence-corrected chi connectivity index (χ0v) is 18.9. The summed E-state index contributed by atoms with van der Waals surface area (Å²) in [6.07, 6.45) is 5.65. The van der Waals surface area contributed by atoms with Crippen molar-refractivity contribution >= 4 is 58.6 Å². The molecule has 0 nitrogen and oxygen atoms in total. The van der Waals surface area contributed by atoms with Crippen molar-refractivity contribution in [1.82, 2.24) is 0 Å². The van der Waals surface area contributed by atoms with E-state index in [0.29, 0.717) is 0 Å². The summed E-state index contributed by atoms with van der Waals surface area (Å²) in [7, 11) is 0. The summed E-state index contributed by atoms with van der Waals surface area (Å²) in [5, 5.41) is 8.13. The summed E-state index contributed by atoms with van der Waals surface area (Å²) in [6.45, 7) is 8.91. The summed E-state index contributed by atoms with van der Waals surface area (Å²) in [5.74, 6) is 0. The minimum absolute atomic E-state index is 1.03. The summed E-state index contributed by atoms with van der Waals surface area (Å²) < 4.78 is 2.79. The molecule has 1 aromatic heterocycles. The molecule has 5 aromatic rings. The lowest BCUT2D eigenvalue weighted by Crippen LogP contribution is -1.94. The minimum atomic E-state index is 1.03. The molecule has 5 rings (SSSR count). The van der Waals surface area contributed by atoms with Gasteiger partial charge in [0, 0.05) is 20.2 Å². The number of aryl methyl sites for hydroxylation is 1. The monoisotopic (exact) mass is 406 g/mol. The van der Waals surface area contributed by atoms with Gasteiger partial charge in [0.25, 0.3) is 0 Å². The molecule has 4 aromatic carbocycles. The van der Waals surface area contributed by atoms with E-state index in [-0.39, 0.29) is 0 Å². The van der Waals surface area contributed by atoms with Crippen molar-refractivity contribution in [1.29, 1.82) is 0 Å². The Bertz CT molecular complexity index is 1490. The molecule has 0 aliphatic carbocycles. The number of rotatable bonds is 3. The first-order valence-corrected chi connectivity index (χ1v) is 11.6. The van der Waals surface area contributed by atoms with Crippen LogP contribution in [-0.4, -0.2) is 0 Å². The van der Waals surface area contributed by atoms with Crippen LogP contribution in [0.5, 0.6) is 0 Å². The fraction of sp³-hybridized carbons (Fsp3) is 0.172. The molecule has 0 saturated carbocycles. The largest absolute Gasteiger partial charge is 0.135 e. The van der Waals surface area contributed by atoms with Crippen LogP contribution in [0, 0.1) is 6.92 Å². The molecular formula is C29H26S. The Morgan fingerprint density at radius 3 is 2.27 bits per heavy atom. The Balaban J connectivity index is 2.00. The molecule has 0 bridgehead atoms. The Labute approximate surface area is 182 Å². The number of fused-ring (bicyclic) bond motifs is 6. The van der Waals surface area contributed by atoms with Crippen molar-refractivity contribution in [2.24, 2.45) is 0 Å². The van der Waals surface area contributed by atoms with Crippen molar-refractivity contribution in [3.63, 3.8) is 0 Å². The van der Waals surface area contributed by atoms with Gasteiger partial charge in [0.1, 0.15) is 0 Å². The van der Waals surface area contributed by atoms with Gasteiger partial charge in [-0.1, -0.05) is 67.6 Å². The van der Waals surface area contributed by atoms with Crippen molar-refractivity contribution < 1.29 is 0 Å². The highest BCUT2D eigenvalue weighted by atomic mass is 32.1. The number of hydrogen-bond acceptors (Lipinski definition) is 1. The van der Waals surface area contributed by atoms with Gasteiger partial charge in [0.15, 0.2) is 0 Å². The van der Waals surface area contributed by atoms with E-state index in [9.17, 15) is 0 Å². The topological polar surface area (TPSA) is 0 Å². The number of thiophene rings is 1. The third-order valence-corrected chi connectivity index (χ3v) is 7.55. The highest BCUT2D eigenvalue weighted by molar-refractivity contribution is 7.26. The Morgan fingerprint density at radius 1 is 0.900 bits per heavy atom. The van der Waals surface area contributed by atoms with Gasteiger partial charge in [-0.2, -0.15) is 0 Å². The van der Waals surface area contributed by atoms with E-state index in [2.05, 4.69) is 101 Å². The molecule has 0 aliphatic heterocycles. The van der Waals surface area contributed by atoms with E-state index in [1.807, 2.05) is 11.3 Å². The zero-order chi connectivity index (χ0) is 20.8. The molecule has 0 amide bonds. The van der Waals surface area contributed by atoms with Crippen LogP contribution >= 0.6 is 11.3 Å². The van der Waals surface area contributed by atoms with Crippen LogP contribution in [-0.2, 0) is 0 Å². The maximum Gasteiger partial charge on any atom is 0.0397 e. The number of allylic oxidation sites excluding steroid dienone is 4. The molecular weight excluding hydrogens is 380 g/mol. The Hall–Kier alpha value is -2.90. The van der Waals surface area contributed by atoms with Gasteiger partial charge in [-0.25, -0.2) is 0 Å². The molecule has 0 fully saturated rings. The molecule has 1 heteroatoms. The van der Waals surface area contributed by atoms with E-state index in [1.165, 1.54) is 64.0 Å². The van der Waals surface area contributed by atoms with E-state index >= 15 is 0 Å². The summed E-state index contributed by atoms with van der Waals surface area (Å²) in [6, 6.07) is 22.4. The third-order valence-electron chi connectivity index (χ3n) is 6.27. The van der Waals surface area contributed by atoms with Crippen LogP contribution in [0.15, 0.2) is 78.4 Å². The molecule has 0 saturated heterocycles. The maximum atomic E-state index is 2.39. The lowest BCUT2D eigenvalue weighted by Gasteiger charge is -2.17. The fourth-order valence-corrected chi connectivity index (χ4v) is 5.97. The van der Waals surface area contributed by atoms with Gasteiger partial charge in [0.05, 0.1) is 0 Å². The predicted molar refractivity (Wildman–Crippen MR) is 137 cm³/mol. The second-order valence-corrected chi connectivity index (χ2v) is 9.10. The van der Waals surface area contributed by atoms with Crippen LogP contribution in [0.4, 0.5) is 0 Å². The van der Waals surface area contributed by atoms with Crippen LogP contribution in [0.25, 0.3) is 47.3 Å². The average Bonchev–Trinajstić information content (AvgIpc) is 3.15. The third kappa shape index (κ3) is 2.80. The summed E-state index contributed by atoms with van der Waals surface area (Å²) in [5.41, 5.74) is 5.51. The molecule has 30 heavy (non-hydrogen) atoms. The first kappa shape index (κ1) is 19.1. The summed E-state index contributed by atoms with van der Waals surface area (Å²) >= 11 is 1.94. The zero-order valence-electron chi connectivity index (χ0n) is 18.0.